The van der Waals surface area contributed by atoms with Crippen LogP contribution in [0.3, 0.4) is 0 Å². The van der Waals surface area contributed by atoms with Crippen LogP contribution in [0.2, 0.25) is 0 Å². The Hall–Kier alpha value is 0. The van der Waals surface area contributed by atoms with Crippen molar-refractivity contribution in [2.45, 2.75) is 39.3 Å². The molecule has 0 nitrogen and oxygen atoms in total. The van der Waals surface area contributed by atoms with Crippen molar-refractivity contribution >= 4 is 0 Å². The predicted octanol–water partition coefficient (Wildman–Crippen LogP) is 2.83. The molecule has 0 aromatic carbocycles. The first-order valence-corrected chi connectivity index (χ1v) is 2.50. The molecule has 0 spiro atoms. The molecule has 0 heterocycles. The SMILES string of the molecule is [2H]C1([2H])C([2H])([2H])C([2H])(C)C([2H])([2H])C([2H])([2H])C1([2H])C. The fourth-order valence-electron chi connectivity index (χ4n) is 0.438. The zero-order valence-electron chi connectivity index (χ0n) is 15.0. The maximum absolute atomic E-state index is 7.81. The number of hydrogen-bond donors (Lipinski definition) is 0. The highest BCUT2D eigenvalue weighted by atomic mass is 14.2. The average molecular weight is 122 g/mol. The average Bonchev–Trinajstić information content (AvgIpc) is 2.14. The summed E-state index contributed by atoms with van der Waals surface area (Å²) in [6.45, 7) is 1.66. The first-order chi connectivity index (χ1) is 7.50. The van der Waals surface area contributed by atoms with Crippen LogP contribution in [0.4, 0.5) is 0 Å². The molecular weight excluding hydrogens is 96.1 g/mol. The van der Waals surface area contributed by atoms with Gasteiger partial charge in [0.05, 0.1) is 0 Å². The van der Waals surface area contributed by atoms with Gasteiger partial charge in [0.1, 0.15) is 0 Å². The lowest BCUT2D eigenvalue weighted by molar-refractivity contribution is 0.308. The molecule has 1 aliphatic rings. The third-order valence-corrected chi connectivity index (χ3v) is 0.875. The van der Waals surface area contributed by atoms with E-state index in [1.165, 1.54) is 0 Å². The number of hydrogen-bond acceptors (Lipinski definition) is 0. The van der Waals surface area contributed by atoms with Gasteiger partial charge in [-0.2, -0.15) is 0 Å². The monoisotopic (exact) mass is 122 g/mol. The van der Waals surface area contributed by atoms with E-state index in [1.807, 2.05) is 0 Å². The Balaban J connectivity index is 3.72. The molecule has 0 unspecified atom stereocenters. The smallest absolute Gasteiger partial charge is 0.0300 e. The van der Waals surface area contributed by atoms with E-state index in [4.69, 9.17) is 13.7 Å². The van der Waals surface area contributed by atoms with Gasteiger partial charge in [-0.15, -0.1) is 0 Å². The third-order valence-electron chi connectivity index (χ3n) is 0.875. The van der Waals surface area contributed by atoms with Gasteiger partial charge in [0.2, 0.25) is 0 Å². The van der Waals surface area contributed by atoms with Gasteiger partial charge in [0.25, 0.3) is 0 Å². The topological polar surface area (TPSA) is 0 Å². The van der Waals surface area contributed by atoms with E-state index in [0.717, 1.165) is 13.8 Å². The highest BCUT2D eigenvalue weighted by Crippen LogP contribution is 2.27. The molecule has 0 N–H and O–H groups in total. The molecule has 0 aromatic rings. The fraction of sp³-hybridized carbons (Fsp3) is 1.00. The van der Waals surface area contributed by atoms with Gasteiger partial charge in [-0.05, 0) is 11.8 Å². The van der Waals surface area contributed by atoms with Crippen LogP contribution >= 0.6 is 0 Å². The summed E-state index contributed by atoms with van der Waals surface area (Å²) in [6.07, 6.45) is -12.0. The minimum Gasteiger partial charge on any atom is -0.0625 e. The van der Waals surface area contributed by atoms with E-state index in [-0.39, 0.29) is 0 Å². The summed E-state index contributed by atoms with van der Waals surface area (Å²) in [4.78, 5) is 0. The molecule has 1 saturated carbocycles. The van der Waals surface area contributed by atoms with Crippen molar-refractivity contribution < 1.29 is 13.7 Å². The Morgan fingerprint density at radius 2 is 1.38 bits per heavy atom. The van der Waals surface area contributed by atoms with Crippen LogP contribution in [0, 0.1) is 11.8 Å². The normalized spacial score (nSPS) is 102. The molecule has 48 valence electrons. The highest BCUT2D eigenvalue weighted by molar-refractivity contribution is 4.65. The molecule has 0 heteroatoms. The van der Waals surface area contributed by atoms with E-state index in [2.05, 4.69) is 0 Å². The quantitative estimate of drug-likeness (QED) is 0.463. The second-order valence-corrected chi connectivity index (χ2v) is 1.75. The molecule has 1 aliphatic carbocycles. The van der Waals surface area contributed by atoms with Gasteiger partial charge in [-0.3, -0.25) is 0 Å². The third kappa shape index (κ3) is 1.50. The lowest BCUT2D eigenvalue weighted by Gasteiger charge is -2.22. The molecule has 1 rings (SSSR count). The van der Waals surface area contributed by atoms with E-state index in [0.29, 0.717) is 0 Å². The summed E-state index contributed by atoms with van der Waals surface area (Å²) in [5.74, 6) is -5.32. The van der Waals surface area contributed by atoms with Crippen LogP contribution < -0.4 is 0 Å². The van der Waals surface area contributed by atoms with Crippen molar-refractivity contribution in [2.24, 2.45) is 11.8 Å². The van der Waals surface area contributed by atoms with Crippen molar-refractivity contribution in [2.75, 3.05) is 0 Å². The van der Waals surface area contributed by atoms with Crippen molar-refractivity contribution in [1.82, 2.24) is 0 Å². The predicted molar refractivity (Wildman–Crippen MR) is 36.8 cm³/mol. The molecule has 1 fully saturated rings. The Kier molecular flexibility index (Phi) is 0.381. The van der Waals surface area contributed by atoms with Gasteiger partial charge in [-0.25, -0.2) is 0 Å². The van der Waals surface area contributed by atoms with E-state index in [9.17, 15) is 0 Å². The van der Waals surface area contributed by atoms with Gasteiger partial charge < -0.3 is 0 Å². The zero-order valence-corrected chi connectivity index (χ0v) is 5.00. The maximum atomic E-state index is 7.81. The van der Waals surface area contributed by atoms with Crippen LogP contribution in [-0.4, -0.2) is 0 Å². The van der Waals surface area contributed by atoms with Gasteiger partial charge in [-0.1, -0.05) is 39.3 Å². The summed E-state index contributed by atoms with van der Waals surface area (Å²) in [5, 5.41) is 0. The zero-order chi connectivity index (χ0) is 15.0. The highest BCUT2D eigenvalue weighted by Gasteiger charge is 2.13. The Bertz CT molecular complexity index is 249. The summed E-state index contributed by atoms with van der Waals surface area (Å²) in [6, 6.07) is 0. The van der Waals surface area contributed by atoms with Crippen LogP contribution in [-0.2, 0) is 0 Å². The standard InChI is InChI=1S/C8H16/c1-7-3-5-8(2)6-4-7/h7-8H,3-6H2,1-2H3/i3D2,4D2,5D2,6D2,7D,8D. The fourth-order valence-corrected chi connectivity index (χ4v) is 0.438. The van der Waals surface area contributed by atoms with Gasteiger partial charge >= 0.3 is 0 Å². The molecule has 0 atom stereocenters. The first kappa shape index (κ1) is 1.21. The van der Waals surface area contributed by atoms with E-state index >= 15 is 0 Å². The van der Waals surface area contributed by atoms with Gasteiger partial charge in [0, 0.05) is 13.7 Å². The minimum atomic E-state index is -3.01. The molecule has 0 bridgehead atoms. The number of rotatable bonds is 0. The van der Waals surface area contributed by atoms with Gasteiger partial charge in [0.15, 0.2) is 0 Å². The second-order valence-electron chi connectivity index (χ2n) is 1.75. The largest absolute Gasteiger partial charge is 0.0625 e. The van der Waals surface area contributed by atoms with Crippen LogP contribution in [0.25, 0.3) is 0 Å². The van der Waals surface area contributed by atoms with Crippen molar-refractivity contribution in [1.29, 1.82) is 0 Å². The summed E-state index contributed by atoms with van der Waals surface area (Å²) in [7, 11) is 0. The summed E-state index contributed by atoms with van der Waals surface area (Å²) in [5.41, 5.74) is 0. The second kappa shape index (κ2) is 2.52. The Morgan fingerprint density at radius 3 is 1.62 bits per heavy atom. The molecule has 0 aliphatic heterocycles. The lowest BCUT2D eigenvalue weighted by Crippen LogP contribution is -2.08. The van der Waals surface area contributed by atoms with Crippen molar-refractivity contribution in [3.8, 4) is 0 Å². The van der Waals surface area contributed by atoms with Crippen LogP contribution in [0.1, 0.15) is 53.0 Å². The minimum absolute atomic E-state index is 0.831. The maximum Gasteiger partial charge on any atom is 0.0300 e. The first-order valence-electron chi connectivity index (χ1n) is 7.50. The summed E-state index contributed by atoms with van der Waals surface area (Å²) >= 11 is 0. The molecule has 0 aromatic heterocycles. The Labute approximate surface area is 66.3 Å². The molecular formula is C8H16. The van der Waals surface area contributed by atoms with Crippen LogP contribution in [0.15, 0.2) is 0 Å². The molecule has 0 amide bonds. The Morgan fingerprint density at radius 1 is 1.12 bits per heavy atom. The van der Waals surface area contributed by atoms with Crippen molar-refractivity contribution in [3.63, 3.8) is 0 Å². The van der Waals surface area contributed by atoms with E-state index in [1.54, 1.807) is 0 Å². The molecule has 8 heavy (non-hydrogen) atoms. The van der Waals surface area contributed by atoms with Crippen LogP contribution in [0.5, 0.6) is 0 Å². The molecule has 0 saturated heterocycles. The lowest BCUT2D eigenvalue weighted by atomic mass is 9.84. The molecule has 0 radical (unpaired) electrons. The van der Waals surface area contributed by atoms with Crippen molar-refractivity contribution in [3.05, 3.63) is 0 Å². The summed E-state index contributed by atoms with van der Waals surface area (Å²) < 4.78 is 77.2. The van der Waals surface area contributed by atoms with E-state index < -0.39 is 37.3 Å².